The van der Waals surface area contributed by atoms with E-state index in [0.717, 1.165) is 10.9 Å². The molecule has 0 amide bonds. The second kappa shape index (κ2) is 4.27. The van der Waals surface area contributed by atoms with Crippen LogP contribution in [0.2, 0.25) is 5.28 Å². The molecule has 2 aromatic heterocycles. The third-order valence-electron chi connectivity index (χ3n) is 2.67. The molecule has 0 fully saturated rings. The smallest absolute Gasteiger partial charge is 0.226 e. The van der Waals surface area contributed by atoms with E-state index in [4.69, 9.17) is 17.3 Å². The van der Waals surface area contributed by atoms with Gasteiger partial charge in [-0.15, -0.1) is 0 Å². The van der Waals surface area contributed by atoms with E-state index < -0.39 is 0 Å². The van der Waals surface area contributed by atoms with Crippen LogP contribution in [0.5, 0.6) is 0 Å². The number of fused-ring (bicyclic) bond motifs is 1. The number of nitrogen functional groups attached to an aromatic ring is 1. The Balaban J connectivity index is 2.08. The molecule has 0 aliphatic heterocycles. The van der Waals surface area contributed by atoms with Gasteiger partial charge in [-0.2, -0.15) is 10.1 Å². The maximum Gasteiger partial charge on any atom is 0.226 e. The van der Waals surface area contributed by atoms with Gasteiger partial charge in [0.05, 0.1) is 18.1 Å². The van der Waals surface area contributed by atoms with Crippen LogP contribution < -0.4 is 5.73 Å². The van der Waals surface area contributed by atoms with Gasteiger partial charge in [-0.05, 0) is 17.2 Å². The van der Waals surface area contributed by atoms with Crippen molar-refractivity contribution in [2.75, 3.05) is 5.73 Å². The number of nitrogens with two attached hydrogens (primary N) is 1. The minimum absolute atomic E-state index is 0.134. The standard InChI is InChI=1S/C12H10ClN5/c13-12-16-10(14)9-6-15-18(11(9)17-12)7-8-4-2-1-3-5-8/h1-6H,7H2,(H2,14,16,17). The molecule has 0 atom stereocenters. The number of hydrogen-bond donors (Lipinski definition) is 1. The minimum atomic E-state index is 0.134. The molecule has 0 unspecified atom stereocenters. The topological polar surface area (TPSA) is 69.6 Å². The number of halogens is 1. The highest BCUT2D eigenvalue weighted by Gasteiger charge is 2.10. The summed E-state index contributed by atoms with van der Waals surface area (Å²) in [6.07, 6.45) is 1.66. The van der Waals surface area contributed by atoms with Crippen LogP contribution in [0.3, 0.4) is 0 Å². The van der Waals surface area contributed by atoms with Crippen molar-refractivity contribution in [3.63, 3.8) is 0 Å². The molecule has 0 saturated heterocycles. The fraction of sp³-hybridized carbons (Fsp3) is 0.0833. The second-order valence-corrected chi connectivity index (χ2v) is 4.24. The third kappa shape index (κ3) is 1.89. The second-order valence-electron chi connectivity index (χ2n) is 3.90. The van der Waals surface area contributed by atoms with Crippen molar-refractivity contribution >= 4 is 28.5 Å². The number of nitrogens with zero attached hydrogens (tertiary/aromatic N) is 4. The van der Waals surface area contributed by atoms with Gasteiger partial charge in [0.1, 0.15) is 5.82 Å². The van der Waals surface area contributed by atoms with Gasteiger partial charge in [-0.3, -0.25) is 0 Å². The first-order valence-electron chi connectivity index (χ1n) is 5.42. The van der Waals surface area contributed by atoms with Crippen LogP contribution in [0.1, 0.15) is 5.56 Å². The number of anilines is 1. The lowest BCUT2D eigenvalue weighted by Gasteiger charge is -2.03. The Morgan fingerprint density at radius 3 is 2.72 bits per heavy atom. The van der Waals surface area contributed by atoms with E-state index in [1.807, 2.05) is 30.3 Å². The van der Waals surface area contributed by atoms with E-state index in [0.29, 0.717) is 18.0 Å². The van der Waals surface area contributed by atoms with Gasteiger partial charge >= 0.3 is 0 Å². The molecular weight excluding hydrogens is 250 g/mol. The van der Waals surface area contributed by atoms with Gasteiger partial charge in [-0.25, -0.2) is 9.67 Å². The molecule has 0 radical (unpaired) electrons. The molecule has 2 heterocycles. The van der Waals surface area contributed by atoms with Crippen molar-refractivity contribution in [3.8, 4) is 0 Å². The average molecular weight is 260 g/mol. The Bertz CT molecular complexity index is 692. The highest BCUT2D eigenvalue weighted by Crippen LogP contribution is 2.19. The molecule has 2 N–H and O–H groups in total. The summed E-state index contributed by atoms with van der Waals surface area (Å²) in [7, 11) is 0. The van der Waals surface area contributed by atoms with Crippen LogP contribution in [0.25, 0.3) is 11.0 Å². The first kappa shape index (κ1) is 11.0. The predicted molar refractivity (Wildman–Crippen MR) is 70.3 cm³/mol. The summed E-state index contributed by atoms with van der Waals surface area (Å²) < 4.78 is 1.76. The molecular formula is C12H10ClN5. The fourth-order valence-electron chi connectivity index (χ4n) is 1.82. The minimum Gasteiger partial charge on any atom is -0.383 e. The van der Waals surface area contributed by atoms with Crippen LogP contribution in [0.4, 0.5) is 5.82 Å². The predicted octanol–water partition coefficient (Wildman–Crippen LogP) is 2.11. The quantitative estimate of drug-likeness (QED) is 0.716. The largest absolute Gasteiger partial charge is 0.383 e. The average Bonchev–Trinajstić information content (AvgIpc) is 2.74. The van der Waals surface area contributed by atoms with E-state index in [1.54, 1.807) is 10.9 Å². The van der Waals surface area contributed by atoms with Crippen molar-refractivity contribution in [2.24, 2.45) is 0 Å². The molecule has 3 aromatic rings. The van der Waals surface area contributed by atoms with Crippen molar-refractivity contribution in [1.82, 2.24) is 19.7 Å². The Morgan fingerprint density at radius 1 is 1.17 bits per heavy atom. The molecule has 0 bridgehead atoms. The monoisotopic (exact) mass is 259 g/mol. The summed E-state index contributed by atoms with van der Waals surface area (Å²) in [4.78, 5) is 8.07. The summed E-state index contributed by atoms with van der Waals surface area (Å²) in [6.45, 7) is 0.622. The molecule has 0 aliphatic carbocycles. The van der Waals surface area contributed by atoms with Crippen LogP contribution in [-0.4, -0.2) is 19.7 Å². The normalized spacial score (nSPS) is 10.9. The highest BCUT2D eigenvalue weighted by molar-refractivity contribution is 6.28. The van der Waals surface area contributed by atoms with Gasteiger partial charge in [0.25, 0.3) is 0 Å². The van der Waals surface area contributed by atoms with Crippen molar-refractivity contribution < 1.29 is 0 Å². The van der Waals surface area contributed by atoms with Crippen LogP contribution in [0, 0.1) is 0 Å². The number of rotatable bonds is 2. The first-order chi connectivity index (χ1) is 8.74. The van der Waals surface area contributed by atoms with E-state index in [2.05, 4.69) is 15.1 Å². The maximum absolute atomic E-state index is 5.81. The Hall–Kier alpha value is -2.14. The molecule has 0 spiro atoms. The van der Waals surface area contributed by atoms with Gasteiger partial charge in [0.15, 0.2) is 5.65 Å². The summed E-state index contributed by atoms with van der Waals surface area (Å²) in [5.41, 5.74) is 7.56. The molecule has 0 aliphatic rings. The van der Waals surface area contributed by atoms with Crippen molar-refractivity contribution in [2.45, 2.75) is 6.54 Å². The number of benzene rings is 1. The molecule has 0 saturated carbocycles. The van der Waals surface area contributed by atoms with Gasteiger partial charge in [0, 0.05) is 0 Å². The van der Waals surface area contributed by atoms with Gasteiger partial charge < -0.3 is 5.73 Å². The lowest BCUT2D eigenvalue weighted by Crippen LogP contribution is -2.03. The Labute approximate surface area is 108 Å². The van der Waals surface area contributed by atoms with E-state index >= 15 is 0 Å². The van der Waals surface area contributed by atoms with Gasteiger partial charge in [0.2, 0.25) is 5.28 Å². The highest BCUT2D eigenvalue weighted by atomic mass is 35.5. The summed E-state index contributed by atoms with van der Waals surface area (Å²) >= 11 is 5.81. The van der Waals surface area contributed by atoms with E-state index in [-0.39, 0.29) is 5.28 Å². The Kier molecular flexibility index (Phi) is 2.60. The Morgan fingerprint density at radius 2 is 1.94 bits per heavy atom. The van der Waals surface area contributed by atoms with Crippen molar-refractivity contribution in [1.29, 1.82) is 0 Å². The zero-order valence-corrected chi connectivity index (χ0v) is 10.2. The molecule has 5 nitrogen and oxygen atoms in total. The summed E-state index contributed by atoms with van der Waals surface area (Å²) in [5, 5.41) is 5.12. The molecule has 90 valence electrons. The fourth-order valence-corrected chi connectivity index (χ4v) is 1.99. The maximum atomic E-state index is 5.81. The first-order valence-corrected chi connectivity index (χ1v) is 5.80. The van der Waals surface area contributed by atoms with E-state index in [1.165, 1.54) is 0 Å². The SMILES string of the molecule is Nc1nc(Cl)nc2c1cnn2Cc1ccccc1. The zero-order valence-electron chi connectivity index (χ0n) is 9.42. The summed E-state index contributed by atoms with van der Waals surface area (Å²) in [6, 6.07) is 10.00. The molecule has 18 heavy (non-hydrogen) atoms. The summed E-state index contributed by atoms with van der Waals surface area (Å²) in [5.74, 6) is 0.351. The zero-order chi connectivity index (χ0) is 12.5. The lowest BCUT2D eigenvalue weighted by atomic mass is 10.2. The van der Waals surface area contributed by atoms with E-state index in [9.17, 15) is 0 Å². The lowest BCUT2D eigenvalue weighted by molar-refractivity contribution is 0.704. The molecule has 6 heteroatoms. The van der Waals surface area contributed by atoms with Crippen LogP contribution in [-0.2, 0) is 6.54 Å². The van der Waals surface area contributed by atoms with Crippen LogP contribution >= 0.6 is 11.6 Å². The molecule has 3 rings (SSSR count). The number of aromatic nitrogens is 4. The van der Waals surface area contributed by atoms with Crippen LogP contribution in [0.15, 0.2) is 36.5 Å². The molecule has 1 aromatic carbocycles. The van der Waals surface area contributed by atoms with Gasteiger partial charge in [-0.1, -0.05) is 30.3 Å². The third-order valence-corrected chi connectivity index (χ3v) is 2.84. The van der Waals surface area contributed by atoms with Crippen molar-refractivity contribution in [3.05, 3.63) is 47.4 Å². The number of hydrogen-bond acceptors (Lipinski definition) is 4.